The summed E-state index contributed by atoms with van der Waals surface area (Å²) >= 11 is 3.83. The molecule has 0 radical (unpaired) electrons. The molecule has 0 atom stereocenters. The molecule has 0 amide bonds. The second-order valence-corrected chi connectivity index (χ2v) is 4.61. The maximum Gasteiger partial charge on any atom is 0.0563 e. The van der Waals surface area contributed by atoms with Gasteiger partial charge in [0, 0.05) is 0 Å². The Hall–Kier alpha value is 0.0100. The molecule has 0 rings (SSSR count). The van der Waals surface area contributed by atoms with Crippen LogP contribution in [0.3, 0.4) is 0 Å². The average molecular weight is 347 g/mol. The minimum atomic E-state index is -0.500. The second-order valence-electron chi connectivity index (χ2n) is 4.61. The predicted molar refractivity (Wildman–Crippen MR) is 118 cm³/mol. The van der Waals surface area contributed by atoms with Gasteiger partial charge in [-0.25, -0.2) is 0 Å². The van der Waals surface area contributed by atoms with E-state index in [4.69, 9.17) is 5.11 Å². The van der Waals surface area contributed by atoms with Crippen molar-refractivity contribution in [3.8, 4) is 0 Å². The zero-order chi connectivity index (χ0) is 18.8. The third-order valence-corrected chi connectivity index (χ3v) is 0. The highest BCUT2D eigenvalue weighted by Crippen LogP contribution is 1.93. The van der Waals surface area contributed by atoms with Crippen molar-refractivity contribution in [2.45, 2.75) is 116 Å². The van der Waals surface area contributed by atoms with Crippen LogP contribution in [-0.4, -0.2) is 22.1 Å². The van der Waals surface area contributed by atoms with Crippen LogP contribution in [0.2, 0.25) is 0 Å². The van der Waals surface area contributed by atoms with Gasteiger partial charge in [-0.3, -0.25) is 0 Å². The Morgan fingerprint density at radius 3 is 0.818 bits per heavy atom. The molecule has 0 aliphatic carbocycles. The third-order valence-electron chi connectivity index (χ3n) is 0. The Labute approximate surface area is 151 Å². The first-order valence-corrected chi connectivity index (χ1v) is 8.74. The molecule has 0 aliphatic rings. The third kappa shape index (κ3) is 72300000. The quantitative estimate of drug-likeness (QED) is 0.466. The monoisotopic (exact) mass is 346 g/mol. The van der Waals surface area contributed by atoms with Gasteiger partial charge in [-0.1, -0.05) is 102 Å². The van der Waals surface area contributed by atoms with E-state index in [1.165, 1.54) is 6.42 Å². The molecule has 0 saturated heterocycles. The summed E-state index contributed by atoms with van der Waals surface area (Å²) in [4.78, 5) is 0. The fraction of sp³-hybridized carbons (Fsp3) is 0.947. The van der Waals surface area contributed by atoms with Crippen molar-refractivity contribution in [1.82, 2.24) is 0 Å². The van der Waals surface area contributed by atoms with E-state index in [9.17, 15) is 0 Å². The van der Waals surface area contributed by atoms with Gasteiger partial charge in [0.25, 0.3) is 0 Å². The molecule has 0 fully saturated rings. The summed E-state index contributed by atoms with van der Waals surface area (Å²) in [6, 6.07) is 0. The topological polar surface area (TPSA) is 51.7 Å². The number of rotatable bonds is 0. The van der Waals surface area contributed by atoms with Gasteiger partial charge in [0.1, 0.15) is 0 Å². The zero-order valence-electron chi connectivity index (χ0n) is 17.8. The molecule has 0 spiro atoms. The first-order valence-electron chi connectivity index (χ1n) is 8.16. The van der Waals surface area contributed by atoms with Gasteiger partial charge in [0.05, 0.1) is 5.60 Å². The number of aliphatic hydroxyl groups is 1. The average Bonchev–Trinajstić information content (AvgIpc) is 2.37. The molecular formula is C19H54O2S. The first-order chi connectivity index (χ1) is 9.15. The fourth-order valence-electron chi connectivity index (χ4n) is 0. The summed E-state index contributed by atoms with van der Waals surface area (Å²) in [5.74, 6) is 3.67. The maximum atomic E-state index is 8.52. The molecule has 22 heavy (non-hydrogen) atoms. The van der Waals surface area contributed by atoms with Crippen molar-refractivity contribution in [2.75, 3.05) is 0 Å². The lowest BCUT2D eigenvalue weighted by Crippen LogP contribution is -2.10. The molecule has 0 aromatic rings. The first kappa shape index (κ1) is 57.4. The van der Waals surface area contributed by atoms with Gasteiger partial charge in [-0.2, -0.15) is 0 Å². The lowest BCUT2D eigenvalue weighted by molar-refractivity contribution is 0.102. The highest BCUT2D eigenvalue weighted by atomic mass is 32.1. The van der Waals surface area contributed by atoms with Crippen LogP contribution in [0, 0.1) is 5.92 Å². The minimum Gasteiger partial charge on any atom is -0.412 e. The van der Waals surface area contributed by atoms with Crippen LogP contribution >= 0.6 is 12.2 Å². The van der Waals surface area contributed by atoms with E-state index in [0.717, 1.165) is 5.92 Å². The van der Waals surface area contributed by atoms with Gasteiger partial charge < -0.3 is 10.6 Å². The van der Waals surface area contributed by atoms with Crippen LogP contribution in [0.1, 0.15) is 111 Å². The van der Waals surface area contributed by atoms with Crippen molar-refractivity contribution in [2.24, 2.45) is 5.92 Å². The molecule has 2 nitrogen and oxygen atoms in total. The summed E-state index contributed by atoms with van der Waals surface area (Å²) in [6.45, 7) is 28.0. The van der Waals surface area contributed by atoms with Crippen LogP contribution in [0.15, 0.2) is 0 Å². The Balaban J connectivity index is -0.0000000131. The normalized spacial score (nSPS) is 6.18. The fourth-order valence-corrected chi connectivity index (χ4v) is 0. The van der Waals surface area contributed by atoms with E-state index < -0.39 is 5.60 Å². The highest BCUT2D eigenvalue weighted by molar-refractivity contribution is 7.77. The molecule has 0 aromatic heterocycles. The SMILES string of the molecule is C.C=S.CC.CC.CC.CC(C)(C)O.CC(C)C.CCC.O. The molecule has 3 N–H and O–H groups in total. The molecule has 3 heteroatoms. The number of thiocarbonyl (C=S) groups is 1. The van der Waals surface area contributed by atoms with Crippen molar-refractivity contribution in [1.29, 1.82) is 0 Å². The standard InChI is InChI=1S/C4H10O.C4H10.C3H8.3C2H6.CH2S.CH4.H2O/c1-4(2,3)5;1-4(2)3;1-3-2;4*1-2;;/h5H,1-3H3;4H,1-3H3;3H2,1-2H3;3*1-2H3;1H2;1H4;1H2. The second kappa shape index (κ2) is 84.0. The van der Waals surface area contributed by atoms with E-state index in [1.807, 2.05) is 41.5 Å². The van der Waals surface area contributed by atoms with Gasteiger partial charge in [-0.15, -0.1) is 0 Å². The van der Waals surface area contributed by atoms with E-state index in [-0.39, 0.29) is 12.9 Å². The van der Waals surface area contributed by atoms with E-state index >= 15 is 0 Å². The maximum absolute atomic E-state index is 8.52. The largest absolute Gasteiger partial charge is 0.412 e. The number of hydrogen-bond donors (Lipinski definition) is 1. The van der Waals surface area contributed by atoms with Gasteiger partial charge in [0.15, 0.2) is 0 Å². The summed E-state index contributed by atoms with van der Waals surface area (Å²) in [5.41, 5.74) is -0.500. The molecule has 0 bridgehead atoms. The van der Waals surface area contributed by atoms with Crippen molar-refractivity contribution >= 4 is 18.1 Å². The van der Waals surface area contributed by atoms with Crippen LogP contribution in [-0.2, 0) is 0 Å². The minimum absolute atomic E-state index is 0. The zero-order valence-corrected chi connectivity index (χ0v) is 18.7. The highest BCUT2D eigenvalue weighted by Gasteiger charge is 1.97. The summed E-state index contributed by atoms with van der Waals surface area (Å²) in [7, 11) is 0. The Bertz CT molecular complexity index is 71.2. The van der Waals surface area contributed by atoms with Gasteiger partial charge >= 0.3 is 0 Å². The summed E-state index contributed by atoms with van der Waals surface area (Å²) in [6.07, 6.45) is 1.25. The predicted octanol–water partition coefficient (Wildman–Crippen LogP) is 7.36. The van der Waals surface area contributed by atoms with Crippen molar-refractivity contribution < 1.29 is 10.6 Å². The van der Waals surface area contributed by atoms with Crippen molar-refractivity contribution in [3.05, 3.63) is 0 Å². The van der Waals surface area contributed by atoms with E-state index in [1.54, 1.807) is 20.8 Å². The van der Waals surface area contributed by atoms with Crippen LogP contribution < -0.4 is 0 Å². The molecule has 0 aromatic carbocycles. The lowest BCUT2D eigenvalue weighted by Gasteiger charge is -2.04. The summed E-state index contributed by atoms with van der Waals surface area (Å²) in [5, 5.41) is 8.52. The molecule has 0 unspecified atom stereocenters. The van der Waals surface area contributed by atoms with E-state index in [2.05, 4.69) is 52.7 Å². The van der Waals surface area contributed by atoms with Gasteiger partial charge in [-0.05, 0) is 32.6 Å². The smallest absolute Gasteiger partial charge is 0.0563 e. The molecule has 0 aliphatic heterocycles. The Kier molecular flexibility index (Phi) is 219. The lowest BCUT2D eigenvalue weighted by atomic mass is 10.2. The van der Waals surface area contributed by atoms with Crippen LogP contribution in [0.25, 0.3) is 0 Å². The van der Waals surface area contributed by atoms with E-state index in [0.29, 0.717) is 0 Å². The summed E-state index contributed by atoms with van der Waals surface area (Å²) < 4.78 is 0. The van der Waals surface area contributed by atoms with Crippen LogP contribution in [0.5, 0.6) is 0 Å². The Morgan fingerprint density at radius 2 is 0.818 bits per heavy atom. The molecular weight excluding hydrogens is 292 g/mol. The molecule has 0 saturated carbocycles. The van der Waals surface area contributed by atoms with Crippen molar-refractivity contribution in [3.63, 3.8) is 0 Å². The number of hydrogen-bond acceptors (Lipinski definition) is 2. The molecule has 148 valence electrons. The van der Waals surface area contributed by atoms with Gasteiger partial charge in [0.2, 0.25) is 0 Å². The molecule has 0 heterocycles. The van der Waals surface area contributed by atoms with Crippen LogP contribution in [0.4, 0.5) is 0 Å². The Morgan fingerprint density at radius 1 is 0.818 bits per heavy atom.